The van der Waals surface area contributed by atoms with Gasteiger partial charge in [-0.3, -0.25) is 9.48 Å². The molecule has 2 atom stereocenters. The van der Waals surface area contributed by atoms with E-state index >= 15 is 0 Å². The van der Waals surface area contributed by atoms with E-state index in [1.54, 1.807) is 29.0 Å². The first-order valence-electron chi connectivity index (χ1n) is 8.94. The van der Waals surface area contributed by atoms with E-state index in [2.05, 4.69) is 37.3 Å². The Morgan fingerprint density at radius 3 is 3.00 bits per heavy atom. The van der Waals surface area contributed by atoms with Crippen LogP contribution in [0.2, 0.25) is 0 Å². The smallest absolute Gasteiger partial charge is 0.246 e. The van der Waals surface area contributed by atoms with Crippen LogP contribution in [0, 0.1) is 5.82 Å². The monoisotopic (exact) mass is 384 g/mol. The van der Waals surface area contributed by atoms with Crippen molar-refractivity contribution >= 4 is 34.4 Å². The van der Waals surface area contributed by atoms with Crippen molar-refractivity contribution in [1.82, 2.24) is 29.6 Å². The molecule has 2 unspecified atom stereocenters. The van der Waals surface area contributed by atoms with E-state index in [0.29, 0.717) is 24.0 Å². The summed E-state index contributed by atoms with van der Waals surface area (Å²) in [5, 5.41) is 10.7. The van der Waals surface area contributed by atoms with Crippen molar-refractivity contribution in [2.45, 2.75) is 25.4 Å². The number of likely N-dealkylation sites (tertiary alicyclic amines) is 1. The number of nitrogens with zero attached hydrogens (tertiary/aromatic N) is 5. The van der Waals surface area contributed by atoms with Crippen molar-refractivity contribution in [3.63, 3.8) is 0 Å². The van der Waals surface area contributed by atoms with Gasteiger partial charge in [-0.15, -0.1) is 0 Å². The second kappa shape index (κ2) is 6.95. The maximum Gasteiger partial charge on any atom is 0.246 e. The summed E-state index contributed by atoms with van der Waals surface area (Å²) in [7, 11) is 1.81. The fraction of sp³-hybridized carbons (Fsp3) is 0.333. The standard InChI is InChI=1S/C18H21FN8O/c1-4-14(28)27-9-11(5-10(27)2)22-17-15-13(19)7-20-16(15)24-18(25-17)23-12-6-21-26(3)8-12/h4,6-8,10-11H,1,5,9H2,2-3H3,(H3,20,22,23,24,25). The molecule has 0 spiro atoms. The number of nitrogens with one attached hydrogen (secondary N) is 3. The zero-order valence-electron chi connectivity index (χ0n) is 15.6. The number of carbonyl (C=O) groups is 1. The van der Waals surface area contributed by atoms with Crippen LogP contribution in [0.1, 0.15) is 13.3 Å². The lowest BCUT2D eigenvalue weighted by molar-refractivity contribution is -0.126. The van der Waals surface area contributed by atoms with Gasteiger partial charge in [0.05, 0.1) is 17.3 Å². The van der Waals surface area contributed by atoms with Gasteiger partial charge in [-0.25, -0.2) is 4.39 Å². The van der Waals surface area contributed by atoms with E-state index in [-0.39, 0.29) is 23.4 Å². The predicted molar refractivity (Wildman–Crippen MR) is 104 cm³/mol. The van der Waals surface area contributed by atoms with Gasteiger partial charge in [0.25, 0.3) is 0 Å². The van der Waals surface area contributed by atoms with Gasteiger partial charge < -0.3 is 20.5 Å². The Balaban J connectivity index is 1.63. The van der Waals surface area contributed by atoms with Crippen LogP contribution in [0.3, 0.4) is 0 Å². The van der Waals surface area contributed by atoms with Gasteiger partial charge in [0.15, 0.2) is 5.82 Å². The summed E-state index contributed by atoms with van der Waals surface area (Å²) in [4.78, 5) is 25.3. The topological polar surface area (TPSA) is 104 Å². The van der Waals surface area contributed by atoms with Crippen LogP contribution in [-0.2, 0) is 11.8 Å². The second-order valence-corrected chi connectivity index (χ2v) is 6.90. The summed E-state index contributed by atoms with van der Waals surface area (Å²) in [6, 6.07) is 0.00179. The number of carbonyl (C=O) groups excluding carboxylic acids is 1. The molecule has 3 aromatic rings. The maximum atomic E-state index is 14.3. The molecule has 3 N–H and O–H groups in total. The molecular weight excluding hydrogens is 363 g/mol. The highest BCUT2D eigenvalue weighted by Crippen LogP contribution is 2.28. The average molecular weight is 384 g/mol. The normalized spacial score (nSPS) is 19.2. The van der Waals surface area contributed by atoms with Gasteiger partial charge in [0, 0.05) is 38.1 Å². The first-order valence-corrected chi connectivity index (χ1v) is 8.94. The highest BCUT2D eigenvalue weighted by Gasteiger charge is 2.32. The summed E-state index contributed by atoms with van der Waals surface area (Å²) in [5.74, 6) is 0.141. The third kappa shape index (κ3) is 3.28. The molecule has 1 fully saturated rings. The van der Waals surface area contributed by atoms with Gasteiger partial charge in [0.1, 0.15) is 11.5 Å². The number of amides is 1. The molecule has 4 heterocycles. The van der Waals surface area contributed by atoms with Crippen molar-refractivity contribution in [2.75, 3.05) is 17.2 Å². The average Bonchev–Trinajstić information content (AvgIpc) is 3.34. The van der Waals surface area contributed by atoms with Crippen LogP contribution in [-0.4, -0.2) is 54.2 Å². The Morgan fingerprint density at radius 2 is 2.29 bits per heavy atom. The molecule has 1 aliphatic heterocycles. The van der Waals surface area contributed by atoms with E-state index in [4.69, 9.17) is 0 Å². The van der Waals surface area contributed by atoms with Crippen molar-refractivity contribution in [1.29, 1.82) is 0 Å². The Hall–Kier alpha value is -3.43. The zero-order valence-corrected chi connectivity index (χ0v) is 15.6. The molecule has 0 aromatic carbocycles. The van der Waals surface area contributed by atoms with Gasteiger partial charge >= 0.3 is 0 Å². The lowest BCUT2D eigenvalue weighted by atomic mass is 10.2. The minimum Gasteiger partial charge on any atom is -0.365 e. The van der Waals surface area contributed by atoms with Crippen LogP contribution >= 0.6 is 0 Å². The van der Waals surface area contributed by atoms with E-state index < -0.39 is 5.82 Å². The Kier molecular flexibility index (Phi) is 4.46. The molecule has 9 nitrogen and oxygen atoms in total. The molecule has 0 saturated carbocycles. The molecule has 1 aliphatic rings. The van der Waals surface area contributed by atoms with Crippen LogP contribution in [0.5, 0.6) is 0 Å². The highest BCUT2D eigenvalue weighted by atomic mass is 19.1. The fourth-order valence-electron chi connectivity index (χ4n) is 3.52. The molecule has 28 heavy (non-hydrogen) atoms. The summed E-state index contributed by atoms with van der Waals surface area (Å²) in [6.07, 6.45) is 6.72. The molecule has 0 aliphatic carbocycles. The quantitative estimate of drug-likeness (QED) is 0.583. The second-order valence-electron chi connectivity index (χ2n) is 6.90. The molecule has 4 rings (SSSR count). The van der Waals surface area contributed by atoms with Crippen LogP contribution in [0.25, 0.3) is 11.0 Å². The summed E-state index contributed by atoms with van der Waals surface area (Å²) in [5.41, 5.74) is 1.10. The molecule has 3 aromatic heterocycles. The van der Waals surface area contributed by atoms with Gasteiger partial charge in [-0.05, 0) is 19.4 Å². The SMILES string of the molecule is C=CC(=O)N1CC(Nc2nc(Nc3cnn(C)c3)nc3[nH]cc(F)c23)CC1C. The summed E-state index contributed by atoms with van der Waals surface area (Å²) in [6.45, 7) is 6.02. The number of rotatable bonds is 5. The lowest BCUT2D eigenvalue weighted by Crippen LogP contribution is -2.33. The summed E-state index contributed by atoms with van der Waals surface area (Å²) >= 11 is 0. The first-order chi connectivity index (χ1) is 13.4. The first kappa shape index (κ1) is 18.0. The van der Waals surface area contributed by atoms with Gasteiger partial charge in [-0.1, -0.05) is 6.58 Å². The number of aromatic nitrogens is 5. The van der Waals surface area contributed by atoms with Crippen LogP contribution < -0.4 is 10.6 Å². The van der Waals surface area contributed by atoms with E-state index in [9.17, 15) is 9.18 Å². The van der Waals surface area contributed by atoms with E-state index in [0.717, 1.165) is 12.1 Å². The minimum absolute atomic E-state index is 0.0578. The van der Waals surface area contributed by atoms with Crippen molar-refractivity contribution in [2.24, 2.45) is 7.05 Å². The molecule has 0 radical (unpaired) electrons. The molecule has 0 bridgehead atoms. The van der Waals surface area contributed by atoms with Crippen molar-refractivity contribution in [3.8, 4) is 0 Å². The number of hydrogen-bond donors (Lipinski definition) is 3. The van der Waals surface area contributed by atoms with E-state index in [1.807, 2.05) is 6.92 Å². The molecule has 1 saturated heterocycles. The Bertz CT molecular complexity index is 1040. The number of aromatic amines is 1. The molecule has 146 valence electrons. The number of hydrogen-bond acceptors (Lipinski definition) is 6. The molecular formula is C18H21FN8O. The highest BCUT2D eigenvalue weighted by molar-refractivity contribution is 5.90. The van der Waals surface area contributed by atoms with Crippen molar-refractivity contribution < 1.29 is 9.18 Å². The zero-order chi connectivity index (χ0) is 19.8. The van der Waals surface area contributed by atoms with E-state index in [1.165, 1.54) is 12.3 Å². The van der Waals surface area contributed by atoms with Crippen molar-refractivity contribution in [3.05, 3.63) is 37.1 Å². The number of H-pyrrole nitrogens is 1. The third-order valence-corrected chi connectivity index (χ3v) is 4.82. The maximum absolute atomic E-state index is 14.3. The Morgan fingerprint density at radius 1 is 1.46 bits per heavy atom. The number of fused-ring (bicyclic) bond motifs is 1. The minimum atomic E-state index is -0.435. The lowest BCUT2D eigenvalue weighted by Gasteiger charge is -2.19. The van der Waals surface area contributed by atoms with Gasteiger partial charge in [0.2, 0.25) is 11.9 Å². The number of aryl methyl sites for hydroxylation is 1. The predicted octanol–water partition coefficient (Wildman–Crippen LogP) is 2.16. The fourth-order valence-corrected chi connectivity index (χ4v) is 3.52. The number of halogens is 1. The Labute approximate surface area is 160 Å². The molecule has 10 heteroatoms. The largest absolute Gasteiger partial charge is 0.365 e. The summed E-state index contributed by atoms with van der Waals surface area (Å²) < 4.78 is 16.0. The van der Waals surface area contributed by atoms with Gasteiger partial charge in [-0.2, -0.15) is 15.1 Å². The molecule has 1 amide bonds. The van der Waals surface area contributed by atoms with Crippen LogP contribution in [0.4, 0.5) is 21.8 Å². The van der Waals surface area contributed by atoms with Crippen LogP contribution in [0.15, 0.2) is 31.2 Å². The number of anilines is 3. The third-order valence-electron chi connectivity index (χ3n) is 4.82.